The predicted molar refractivity (Wildman–Crippen MR) is 188 cm³/mol. The van der Waals surface area contributed by atoms with Gasteiger partial charge in [-0.25, -0.2) is 14.1 Å². The number of unbranched alkanes of at least 4 members (excludes halogenated alkanes) is 1. The third-order valence-electron chi connectivity index (χ3n) is 9.51. The molecule has 0 radical (unpaired) electrons. The van der Waals surface area contributed by atoms with E-state index in [4.69, 9.17) is 9.16 Å². The topological polar surface area (TPSA) is 152 Å². The number of thiazole rings is 1. The van der Waals surface area contributed by atoms with Crippen molar-refractivity contribution in [3.63, 3.8) is 0 Å². The maximum atomic E-state index is 15.2. The zero-order valence-corrected chi connectivity index (χ0v) is 31.8. The molecule has 15 heteroatoms. The highest BCUT2D eigenvalue weighted by Gasteiger charge is 2.43. The van der Waals surface area contributed by atoms with Crippen LogP contribution in [0.15, 0.2) is 23.8 Å². The molecule has 0 aliphatic carbocycles. The Morgan fingerprint density at radius 2 is 1.88 bits per heavy atom. The van der Waals surface area contributed by atoms with Crippen LogP contribution < -0.4 is 10.1 Å². The number of halogens is 1. The number of β-amino-alcohol motifs (C(OH)–C–C–N with tert-alkyl or cyclic N) is 1. The van der Waals surface area contributed by atoms with E-state index in [-0.39, 0.29) is 46.7 Å². The molecule has 49 heavy (non-hydrogen) atoms. The molecular weight excluding hydrogens is 668 g/mol. The van der Waals surface area contributed by atoms with Gasteiger partial charge >= 0.3 is 0 Å². The van der Waals surface area contributed by atoms with Crippen LogP contribution in [0.2, 0.25) is 18.1 Å². The van der Waals surface area contributed by atoms with Crippen molar-refractivity contribution in [2.75, 3.05) is 19.8 Å². The van der Waals surface area contributed by atoms with Crippen molar-refractivity contribution in [1.29, 1.82) is 0 Å². The highest BCUT2D eigenvalue weighted by Crippen LogP contribution is 2.37. The summed E-state index contributed by atoms with van der Waals surface area (Å²) in [7, 11) is -1.80. The van der Waals surface area contributed by atoms with Gasteiger partial charge < -0.3 is 29.6 Å². The molecule has 3 aromatic rings. The van der Waals surface area contributed by atoms with Gasteiger partial charge in [0.1, 0.15) is 23.7 Å². The first kappa shape index (κ1) is 38.4. The Kier molecular flexibility index (Phi) is 12.3. The van der Waals surface area contributed by atoms with Crippen molar-refractivity contribution in [1.82, 2.24) is 30.2 Å². The number of aliphatic hydroxyl groups excluding tert-OH is 1. The Bertz CT molecular complexity index is 1610. The van der Waals surface area contributed by atoms with E-state index in [1.165, 1.54) is 33.1 Å². The molecule has 4 atom stereocenters. The summed E-state index contributed by atoms with van der Waals surface area (Å²) in [6.45, 7) is 19.3. The van der Waals surface area contributed by atoms with Crippen molar-refractivity contribution in [2.24, 2.45) is 5.92 Å². The van der Waals surface area contributed by atoms with Crippen LogP contribution in [0, 0.1) is 18.7 Å². The number of nitrogens with one attached hydrogen (secondary N) is 1. The molecule has 2 amide bonds. The first-order valence-electron chi connectivity index (χ1n) is 16.8. The fourth-order valence-corrected chi connectivity index (χ4v) is 7.52. The van der Waals surface area contributed by atoms with Gasteiger partial charge in [-0.3, -0.25) is 9.59 Å². The van der Waals surface area contributed by atoms with Gasteiger partial charge in [-0.1, -0.05) is 44.9 Å². The average Bonchev–Trinajstić information content (AvgIpc) is 3.75. The van der Waals surface area contributed by atoms with Crippen molar-refractivity contribution in [3.8, 4) is 22.1 Å². The molecule has 270 valence electrons. The standard InChI is InChI=1S/C34H51FN6O6SSi/c1-20(2)30(41-18-29(38-39-41)46-12-10-11-13-47-49(8,9)34(5,6)7)33(45)40-17-23(42)14-27(40)32(44)37-21(3)24-15-26(35)25(16-28(24)43)31-22(4)36-19-48-31/h15-16,18-21,23,27,30,42-43H,10-14,17H2,1-9H3,(H,37,44)/t21-,23+,27-,30-/m0/s1. The Labute approximate surface area is 293 Å². The number of hydrogen-bond acceptors (Lipinski definition) is 10. The summed E-state index contributed by atoms with van der Waals surface area (Å²) in [4.78, 5) is 33.6. The summed E-state index contributed by atoms with van der Waals surface area (Å²) in [5, 5.41) is 32.6. The second-order valence-corrected chi connectivity index (χ2v) is 20.3. The molecule has 3 heterocycles. The maximum absolute atomic E-state index is 15.2. The van der Waals surface area contributed by atoms with E-state index in [1.807, 2.05) is 13.8 Å². The van der Waals surface area contributed by atoms with Gasteiger partial charge in [0.2, 0.25) is 11.8 Å². The molecule has 1 aliphatic heterocycles. The minimum absolute atomic E-state index is 0.0316. The number of aromatic hydroxyl groups is 1. The Hall–Kier alpha value is -3.40. The van der Waals surface area contributed by atoms with Gasteiger partial charge in [-0.2, -0.15) is 0 Å². The van der Waals surface area contributed by atoms with Gasteiger partial charge in [0.05, 0.1) is 41.0 Å². The van der Waals surface area contributed by atoms with E-state index in [0.717, 1.165) is 12.8 Å². The van der Waals surface area contributed by atoms with Crippen LogP contribution >= 0.6 is 11.3 Å². The van der Waals surface area contributed by atoms with Crippen molar-refractivity contribution in [3.05, 3.63) is 40.9 Å². The van der Waals surface area contributed by atoms with Crippen LogP contribution in [0.25, 0.3) is 10.4 Å². The molecule has 1 fully saturated rings. The molecule has 2 aromatic heterocycles. The Morgan fingerprint density at radius 1 is 1.18 bits per heavy atom. The summed E-state index contributed by atoms with van der Waals surface area (Å²) < 4.78 is 28.6. The molecule has 0 saturated carbocycles. The lowest BCUT2D eigenvalue weighted by molar-refractivity contribution is -0.142. The lowest BCUT2D eigenvalue weighted by Crippen LogP contribution is -2.49. The molecule has 1 aliphatic rings. The number of carbonyl (C=O) groups is 2. The normalized spacial score (nSPS) is 18.2. The second kappa shape index (κ2) is 15.6. The van der Waals surface area contributed by atoms with E-state index < -0.39 is 50.2 Å². The summed E-state index contributed by atoms with van der Waals surface area (Å²) in [6, 6.07) is -0.0462. The summed E-state index contributed by atoms with van der Waals surface area (Å²) in [5.41, 5.74) is 2.67. The molecule has 1 aromatic carbocycles. The predicted octanol–water partition coefficient (Wildman–Crippen LogP) is 5.77. The third-order valence-corrected chi connectivity index (χ3v) is 15.0. The zero-order valence-electron chi connectivity index (χ0n) is 30.0. The summed E-state index contributed by atoms with van der Waals surface area (Å²) in [5.74, 6) is -1.59. The van der Waals surface area contributed by atoms with E-state index in [9.17, 15) is 19.8 Å². The van der Waals surface area contributed by atoms with E-state index >= 15 is 4.39 Å². The number of aryl methyl sites for hydroxylation is 1. The number of likely N-dealkylation sites (tertiary alicyclic amines) is 1. The molecular formula is C34H51FN6O6SSi. The van der Waals surface area contributed by atoms with Crippen LogP contribution in [0.4, 0.5) is 4.39 Å². The van der Waals surface area contributed by atoms with Crippen LogP contribution in [0.5, 0.6) is 11.6 Å². The lowest BCUT2D eigenvalue weighted by Gasteiger charge is -2.36. The third kappa shape index (κ3) is 9.04. The number of ether oxygens (including phenoxy) is 1. The van der Waals surface area contributed by atoms with Gasteiger partial charge in [-0.15, -0.1) is 11.3 Å². The first-order valence-corrected chi connectivity index (χ1v) is 20.6. The molecule has 1 saturated heterocycles. The van der Waals surface area contributed by atoms with Crippen LogP contribution in [0.1, 0.15) is 84.1 Å². The number of aromatic nitrogens is 4. The van der Waals surface area contributed by atoms with Gasteiger partial charge in [0, 0.05) is 30.7 Å². The minimum Gasteiger partial charge on any atom is -0.508 e. The number of benzene rings is 1. The van der Waals surface area contributed by atoms with Gasteiger partial charge in [-0.05, 0) is 62.9 Å². The highest BCUT2D eigenvalue weighted by molar-refractivity contribution is 7.13. The fourth-order valence-electron chi connectivity index (χ4n) is 5.61. The number of hydrogen-bond donors (Lipinski definition) is 3. The number of phenolic OH excluding ortho intramolecular Hbond substituents is 1. The largest absolute Gasteiger partial charge is 0.508 e. The SMILES string of the molecule is Cc1ncsc1-c1cc(O)c([C@H](C)NC(=O)[C@@H]2C[C@@H](O)CN2C(=O)[C@H](C(C)C)n2cc(OCCCCO[Si](C)(C)C(C)(C)C)nn2)cc1F. The van der Waals surface area contributed by atoms with Crippen molar-refractivity contribution in [2.45, 2.75) is 110 Å². The number of nitrogens with zero attached hydrogens (tertiary/aromatic N) is 5. The molecule has 3 N–H and O–H groups in total. The average molecular weight is 719 g/mol. The maximum Gasteiger partial charge on any atom is 0.253 e. The van der Waals surface area contributed by atoms with Gasteiger partial charge in [0.25, 0.3) is 5.88 Å². The number of aliphatic hydroxyl groups is 1. The number of rotatable bonds is 14. The first-order chi connectivity index (χ1) is 22.9. The number of phenols is 1. The Morgan fingerprint density at radius 3 is 2.51 bits per heavy atom. The summed E-state index contributed by atoms with van der Waals surface area (Å²) >= 11 is 1.27. The van der Waals surface area contributed by atoms with E-state index in [2.05, 4.69) is 54.5 Å². The lowest BCUT2D eigenvalue weighted by atomic mass is 10.0. The van der Waals surface area contributed by atoms with E-state index in [1.54, 1.807) is 25.6 Å². The fraction of sp³-hybridized carbons (Fsp3) is 0.618. The zero-order chi connectivity index (χ0) is 36.3. The van der Waals surface area contributed by atoms with Crippen LogP contribution in [-0.4, -0.2) is 87.1 Å². The number of carbonyl (C=O) groups excluding carboxylic acids is 2. The monoisotopic (exact) mass is 718 g/mol. The van der Waals surface area contributed by atoms with Gasteiger partial charge in [0.15, 0.2) is 8.32 Å². The molecule has 12 nitrogen and oxygen atoms in total. The second-order valence-electron chi connectivity index (χ2n) is 14.7. The molecule has 0 spiro atoms. The van der Waals surface area contributed by atoms with Crippen LogP contribution in [-0.2, 0) is 14.0 Å². The molecule has 0 bridgehead atoms. The van der Waals surface area contributed by atoms with Crippen molar-refractivity contribution < 1.29 is 33.4 Å². The van der Waals surface area contributed by atoms with Crippen LogP contribution in [0.3, 0.4) is 0 Å². The number of amides is 2. The smallest absolute Gasteiger partial charge is 0.253 e. The quantitative estimate of drug-likeness (QED) is 0.139. The minimum atomic E-state index is -1.80. The van der Waals surface area contributed by atoms with E-state index in [0.29, 0.717) is 23.8 Å². The highest BCUT2D eigenvalue weighted by atomic mass is 32.1. The summed E-state index contributed by atoms with van der Waals surface area (Å²) in [6.07, 6.45) is 2.32. The molecule has 4 rings (SSSR count). The van der Waals surface area contributed by atoms with Crippen molar-refractivity contribution >= 4 is 31.5 Å². The molecule has 0 unspecified atom stereocenters. The Balaban J connectivity index is 1.38.